The second-order valence-corrected chi connectivity index (χ2v) is 3.50. The van der Waals surface area contributed by atoms with Gasteiger partial charge >= 0.3 is 6.01 Å². The Morgan fingerprint density at radius 3 is 2.64 bits per heavy atom. The van der Waals surface area contributed by atoms with Crippen molar-refractivity contribution >= 4 is 0 Å². The van der Waals surface area contributed by atoms with E-state index < -0.39 is 5.82 Å². The number of halogens is 1. The molecule has 0 bridgehead atoms. The minimum absolute atomic E-state index is 0.147. The third-order valence-electron chi connectivity index (χ3n) is 2.39. The van der Waals surface area contributed by atoms with Crippen molar-refractivity contribution in [1.82, 2.24) is 9.97 Å². The average molecular weight is 197 g/mol. The maximum absolute atomic E-state index is 12.4. The van der Waals surface area contributed by atoms with Gasteiger partial charge in [0.1, 0.15) is 6.10 Å². The van der Waals surface area contributed by atoms with Gasteiger partial charge in [0.2, 0.25) is 0 Å². The lowest BCUT2D eigenvalue weighted by Gasteiger charge is -2.33. The number of nitrogens with zero attached hydrogens (tertiary/aromatic N) is 2. The van der Waals surface area contributed by atoms with Crippen LogP contribution < -0.4 is 10.5 Å². The Morgan fingerprint density at radius 2 is 2.07 bits per heavy atom. The summed E-state index contributed by atoms with van der Waals surface area (Å²) in [5.74, 6) is 0.103. The van der Waals surface area contributed by atoms with Crippen molar-refractivity contribution in [3.63, 3.8) is 0 Å². The molecule has 0 spiro atoms. The van der Waals surface area contributed by atoms with E-state index in [1.54, 1.807) is 0 Å². The summed E-state index contributed by atoms with van der Waals surface area (Å²) in [7, 11) is 0. The van der Waals surface area contributed by atoms with Crippen LogP contribution in [0.4, 0.5) is 4.39 Å². The van der Waals surface area contributed by atoms with Crippen LogP contribution in [0.15, 0.2) is 12.4 Å². The zero-order valence-corrected chi connectivity index (χ0v) is 7.69. The van der Waals surface area contributed by atoms with E-state index in [1.165, 1.54) is 0 Å². The molecular formula is C9H12FN3O. The summed E-state index contributed by atoms with van der Waals surface area (Å²) in [6, 6.07) is 0.242. The predicted molar refractivity (Wildman–Crippen MR) is 48.2 cm³/mol. The first-order valence-corrected chi connectivity index (χ1v) is 4.62. The third kappa shape index (κ3) is 1.98. The van der Waals surface area contributed by atoms with Gasteiger partial charge in [-0.15, -0.1) is 0 Å². The van der Waals surface area contributed by atoms with Gasteiger partial charge in [0.25, 0.3) is 0 Å². The van der Waals surface area contributed by atoms with Crippen LogP contribution in [0.5, 0.6) is 6.01 Å². The Labute approximate surface area is 81.3 Å². The first-order valence-electron chi connectivity index (χ1n) is 4.62. The molecule has 2 rings (SSSR count). The van der Waals surface area contributed by atoms with Gasteiger partial charge in [0, 0.05) is 0 Å². The van der Waals surface area contributed by atoms with E-state index in [-0.39, 0.29) is 12.1 Å². The van der Waals surface area contributed by atoms with Crippen LogP contribution in [0.25, 0.3) is 0 Å². The molecule has 1 aromatic heterocycles. The van der Waals surface area contributed by atoms with Crippen LogP contribution in [-0.4, -0.2) is 22.6 Å². The van der Waals surface area contributed by atoms with E-state index in [9.17, 15) is 4.39 Å². The summed E-state index contributed by atoms with van der Waals surface area (Å²) >= 11 is 0. The highest BCUT2D eigenvalue weighted by Gasteiger charge is 2.30. The van der Waals surface area contributed by atoms with E-state index in [4.69, 9.17) is 10.5 Å². The Balaban J connectivity index is 1.84. The first-order chi connectivity index (χ1) is 6.78. The molecule has 0 saturated heterocycles. The molecule has 2 N–H and O–H groups in total. The molecule has 0 aromatic carbocycles. The predicted octanol–water partition coefficient (Wildman–Crippen LogP) is 0.732. The number of nitrogens with two attached hydrogens (primary N) is 1. The van der Waals surface area contributed by atoms with Gasteiger partial charge in [-0.3, -0.25) is 0 Å². The van der Waals surface area contributed by atoms with E-state index >= 15 is 0 Å². The van der Waals surface area contributed by atoms with E-state index in [0.29, 0.717) is 12.5 Å². The summed E-state index contributed by atoms with van der Waals surface area (Å²) in [6.07, 6.45) is 4.23. The maximum Gasteiger partial charge on any atom is 0.316 e. The highest BCUT2D eigenvalue weighted by molar-refractivity contribution is 4.98. The number of aromatic nitrogens is 2. The van der Waals surface area contributed by atoms with Crippen molar-refractivity contribution in [2.45, 2.75) is 18.9 Å². The molecular weight excluding hydrogens is 185 g/mol. The van der Waals surface area contributed by atoms with E-state index in [2.05, 4.69) is 9.97 Å². The average Bonchev–Trinajstić information content (AvgIpc) is 2.13. The van der Waals surface area contributed by atoms with Gasteiger partial charge < -0.3 is 10.5 Å². The molecule has 1 fully saturated rings. The zero-order chi connectivity index (χ0) is 9.97. The Hall–Kier alpha value is -1.23. The van der Waals surface area contributed by atoms with Crippen LogP contribution in [0.3, 0.4) is 0 Å². The lowest BCUT2D eigenvalue weighted by molar-refractivity contribution is 0.0601. The van der Waals surface area contributed by atoms with Crippen molar-refractivity contribution in [3.05, 3.63) is 18.2 Å². The highest BCUT2D eigenvalue weighted by Crippen LogP contribution is 2.29. The van der Waals surface area contributed by atoms with Crippen LogP contribution in [-0.2, 0) is 0 Å². The molecule has 1 aliphatic carbocycles. The Kier molecular flexibility index (Phi) is 2.58. The standard InChI is InChI=1S/C9H12FN3O/c10-7-4-12-9(13-5-7)14-8-1-6(2-8)3-11/h4-6,8H,1-3,11H2. The minimum atomic E-state index is -0.453. The molecule has 0 unspecified atom stereocenters. The number of hydrogen-bond acceptors (Lipinski definition) is 4. The Bertz CT molecular complexity index is 297. The van der Waals surface area contributed by atoms with Crippen molar-refractivity contribution in [3.8, 4) is 6.01 Å². The van der Waals surface area contributed by atoms with E-state index in [1.807, 2.05) is 0 Å². The van der Waals surface area contributed by atoms with E-state index in [0.717, 1.165) is 25.2 Å². The summed E-state index contributed by atoms with van der Waals surface area (Å²) in [6.45, 7) is 0.699. The molecule has 1 aliphatic rings. The monoisotopic (exact) mass is 197 g/mol. The van der Waals surface area contributed by atoms with Crippen LogP contribution in [0.1, 0.15) is 12.8 Å². The minimum Gasteiger partial charge on any atom is -0.460 e. The fraction of sp³-hybridized carbons (Fsp3) is 0.556. The molecule has 0 atom stereocenters. The summed E-state index contributed by atoms with van der Waals surface area (Å²) in [5.41, 5.74) is 5.47. The molecule has 0 aliphatic heterocycles. The molecule has 1 aromatic rings. The quantitative estimate of drug-likeness (QED) is 0.776. The molecule has 0 amide bonds. The van der Waals surface area contributed by atoms with Crippen LogP contribution in [0.2, 0.25) is 0 Å². The Morgan fingerprint density at radius 1 is 1.43 bits per heavy atom. The second-order valence-electron chi connectivity index (χ2n) is 3.50. The zero-order valence-electron chi connectivity index (χ0n) is 7.69. The fourth-order valence-corrected chi connectivity index (χ4v) is 1.47. The van der Waals surface area contributed by atoms with Gasteiger partial charge in [-0.1, -0.05) is 0 Å². The fourth-order valence-electron chi connectivity index (χ4n) is 1.47. The third-order valence-corrected chi connectivity index (χ3v) is 2.39. The lowest BCUT2D eigenvalue weighted by atomic mass is 9.82. The van der Waals surface area contributed by atoms with Crippen molar-refractivity contribution in [2.24, 2.45) is 11.7 Å². The number of rotatable bonds is 3. The molecule has 0 radical (unpaired) electrons. The SMILES string of the molecule is NCC1CC(Oc2ncc(F)cn2)C1. The van der Waals surface area contributed by atoms with Gasteiger partial charge in [0.05, 0.1) is 12.4 Å². The van der Waals surface area contributed by atoms with Crippen molar-refractivity contribution < 1.29 is 9.13 Å². The molecule has 76 valence electrons. The van der Waals surface area contributed by atoms with Gasteiger partial charge in [-0.25, -0.2) is 14.4 Å². The molecule has 14 heavy (non-hydrogen) atoms. The topological polar surface area (TPSA) is 61.0 Å². The van der Waals surface area contributed by atoms with Crippen LogP contribution in [0, 0.1) is 11.7 Å². The van der Waals surface area contributed by atoms with Gasteiger partial charge in [-0.2, -0.15) is 0 Å². The second kappa shape index (κ2) is 3.88. The summed E-state index contributed by atoms with van der Waals surface area (Å²) in [5, 5.41) is 0. The smallest absolute Gasteiger partial charge is 0.316 e. The molecule has 4 nitrogen and oxygen atoms in total. The van der Waals surface area contributed by atoms with Gasteiger partial charge in [-0.05, 0) is 25.3 Å². The lowest BCUT2D eigenvalue weighted by Crippen LogP contribution is -2.38. The van der Waals surface area contributed by atoms with Crippen LogP contribution >= 0.6 is 0 Å². The molecule has 5 heteroatoms. The summed E-state index contributed by atoms with van der Waals surface area (Å²) in [4.78, 5) is 7.42. The maximum atomic E-state index is 12.4. The summed E-state index contributed by atoms with van der Waals surface area (Å²) < 4.78 is 17.8. The van der Waals surface area contributed by atoms with Crippen molar-refractivity contribution in [1.29, 1.82) is 0 Å². The van der Waals surface area contributed by atoms with Gasteiger partial charge in [0.15, 0.2) is 5.82 Å². The number of ether oxygens (including phenoxy) is 1. The van der Waals surface area contributed by atoms with Crippen molar-refractivity contribution in [2.75, 3.05) is 6.54 Å². The largest absolute Gasteiger partial charge is 0.460 e. The normalized spacial score (nSPS) is 25.6. The molecule has 1 heterocycles. The first kappa shape index (κ1) is 9.33. The molecule has 1 saturated carbocycles. The highest BCUT2D eigenvalue weighted by atomic mass is 19.1. The number of hydrogen-bond donors (Lipinski definition) is 1.